The van der Waals surface area contributed by atoms with Crippen molar-refractivity contribution in [2.24, 2.45) is 0 Å². The van der Waals surface area contributed by atoms with Gasteiger partial charge in [0.05, 0.1) is 22.3 Å². The van der Waals surface area contributed by atoms with Crippen molar-refractivity contribution >= 4 is 33.2 Å². The highest BCUT2D eigenvalue weighted by Gasteiger charge is 2.19. The molecule has 0 bridgehead atoms. The average Bonchev–Trinajstić information content (AvgIpc) is 2.18. The third kappa shape index (κ3) is 1.53. The summed E-state index contributed by atoms with van der Waals surface area (Å²) in [7, 11) is 1.59. The Kier molecular flexibility index (Phi) is 2.74. The monoisotopic (exact) mass is 277 g/mol. The number of hydrogen-bond donors (Lipinski definition) is 1. The van der Waals surface area contributed by atoms with E-state index in [1.54, 1.807) is 13.2 Å². The van der Waals surface area contributed by atoms with E-state index in [1.807, 2.05) is 0 Å². The van der Waals surface area contributed by atoms with Crippen molar-refractivity contribution in [1.82, 2.24) is 0 Å². The second kappa shape index (κ2) is 3.87. The summed E-state index contributed by atoms with van der Waals surface area (Å²) in [6.45, 7) is 1.44. The van der Waals surface area contributed by atoms with Gasteiger partial charge in [0.25, 0.3) is 0 Å². The molecule has 0 saturated heterocycles. The van der Waals surface area contributed by atoms with E-state index in [4.69, 9.17) is 21.1 Å². The third-order valence-corrected chi connectivity index (χ3v) is 3.04. The molecule has 5 heteroatoms. The number of rotatable bonds is 1. The van der Waals surface area contributed by atoms with Crippen molar-refractivity contribution in [2.75, 3.05) is 25.6 Å². The van der Waals surface area contributed by atoms with E-state index in [2.05, 4.69) is 21.2 Å². The van der Waals surface area contributed by atoms with Crippen LogP contribution in [0, 0.1) is 0 Å². The van der Waals surface area contributed by atoms with Crippen LogP contribution in [0.25, 0.3) is 0 Å². The molecule has 1 aromatic rings. The van der Waals surface area contributed by atoms with Crippen LogP contribution in [-0.2, 0) is 0 Å². The number of benzene rings is 1. The van der Waals surface area contributed by atoms with Crippen LogP contribution in [0.4, 0.5) is 5.69 Å². The number of ether oxygens (including phenoxy) is 2. The van der Waals surface area contributed by atoms with Gasteiger partial charge in [-0.1, -0.05) is 11.6 Å². The van der Waals surface area contributed by atoms with Gasteiger partial charge in [-0.05, 0) is 15.9 Å². The molecule has 0 radical (unpaired) electrons. The zero-order chi connectivity index (χ0) is 10.1. The predicted molar refractivity (Wildman–Crippen MR) is 59.7 cm³/mol. The molecule has 1 heterocycles. The summed E-state index contributed by atoms with van der Waals surface area (Å²) >= 11 is 9.43. The summed E-state index contributed by atoms with van der Waals surface area (Å²) in [6, 6.07) is 1.76. The molecule has 0 aromatic heterocycles. The van der Waals surface area contributed by atoms with Gasteiger partial charge < -0.3 is 14.8 Å². The zero-order valence-corrected chi connectivity index (χ0v) is 9.91. The molecule has 0 unspecified atom stereocenters. The lowest BCUT2D eigenvalue weighted by Gasteiger charge is -2.22. The first-order valence-corrected chi connectivity index (χ1v) is 5.34. The summed E-state index contributed by atoms with van der Waals surface area (Å²) in [6.07, 6.45) is 0. The van der Waals surface area contributed by atoms with Crippen LogP contribution in [0.1, 0.15) is 0 Å². The van der Waals surface area contributed by atoms with Crippen LogP contribution in [-0.4, -0.2) is 20.3 Å². The highest BCUT2D eigenvalue weighted by atomic mass is 79.9. The molecule has 1 N–H and O–H groups in total. The lowest BCUT2D eigenvalue weighted by atomic mass is 10.2. The van der Waals surface area contributed by atoms with Crippen molar-refractivity contribution in [3.63, 3.8) is 0 Å². The summed E-state index contributed by atoms with van der Waals surface area (Å²) in [5.41, 5.74) is 0.900. The Balaban J connectivity index is 2.57. The molecule has 76 valence electrons. The minimum atomic E-state index is 0.543. The van der Waals surface area contributed by atoms with E-state index in [0.29, 0.717) is 17.4 Å². The molecule has 1 aliphatic rings. The quantitative estimate of drug-likeness (QED) is 0.857. The van der Waals surface area contributed by atoms with Crippen molar-refractivity contribution in [1.29, 1.82) is 0 Å². The van der Waals surface area contributed by atoms with E-state index < -0.39 is 0 Å². The van der Waals surface area contributed by atoms with Crippen molar-refractivity contribution < 1.29 is 9.47 Å². The Morgan fingerprint density at radius 3 is 3.14 bits per heavy atom. The molecule has 0 fully saturated rings. The molecule has 2 rings (SSSR count). The van der Waals surface area contributed by atoms with Crippen molar-refractivity contribution in [3.05, 3.63) is 15.6 Å². The number of halogens is 2. The molecule has 14 heavy (non-hydrogen) atoms. The van der Waals surface area contributed by atoms with E-state index >= 15 is 0 Å². The van der Waals surface area contributed by atoms with Crippen LogP contribution >= 0.6 is 27.5 Å². The standard InChI is InChI=1S/C9H9BrClNO2/c1-13-9-5(11)4-6-8(7(9)10)12-2-3-14-6/h4,12H,2-3H2,1H3. The fourth-order valence-corrected chi connectivity index (χ4v) is 2.48. The molecule has 0 spiro atoms. The van der Waals surface area contributed by atoms with Crippen molar-refractivity contribution in [3.8, 4) is 11.5 Å². The maximum Gasteiger partial charge on any atom is 0.154 e. The van der Waals surface area contributed by atoms with E-state index in [0.717, 1.165) is 22.5 Å². The van der Waals surface area contributed by atoms with Gasteiger partial charge in [-0.3, -0.25) is 0 Å². The Labute approximate surface area is 95.5 Å². The van der Waals surface area contributed by atoms with Gasteiger partial charge in [-0.25, -0.2) is 0 Å². The minimum Gasteiger partial charge on any atom is -0.494 e. The van der Waals surface area contributed by atoms with Gasteiger partial charge in [-0.15, -0.1) is 0 Å². The van der Waals surface area contributed by atoms with Gasteiger partial charge in [0.1, 0.15) is 12.4 Å². The minimum absolute atomic E-state index is 0.543. The first-order chi connectivity index (χ1) is 6.74. The topological polar surface area (TPSA) is 30.5 Å². The lowest BCUT2D eigenvalue weighted by Crippen LogP contribution is -2.18. The fraction of sp³-hybridized carbons (Fsp3) is 0.333. The maximum atomic E-state index is 6.00. The molecule has 0 saturated carbocycles. The van der Waals surface area contributed by atoms with Crippen LogP contribution < -0.4 is 14.8 Å². The number of nitrogens with one attached hydrogen (secondary N) is 1. The van der Waals surface area contributed by atoms with Crippen LogP contribution in [0.2, 0.25) is 5.02 Å². The summed E-state index contributed by atoms with van der Waals surface area (Å²) in [4.78, 5) is 0. The SMILES string of the molecule is COc1c(Cl)cc2c(c1Br)NCCO2. The largest absolute Gasteiger partial charge is 0.494 e. The third-order valence-electron chi connectivity index (χ3n) is 2.01. The molecular weight excluding hydrogens is 269 g/mol. The molecule has 1 aliphatic heterocycles. The van der Waals surface area contributed by atoms with Gasteiger partial charge in [0, 0.05) is 12.6 Å². The zero-order valence-electron chi connectivity index (χ0n) is 7.56. The number of hydrogen-bond acceptors (Lipinski definition) is 3. The van der Waals surface area contributed by atoms with Crippen LogP contribution in [0.3, 0.4) is 0 Å². The predicted octanol–water partition coefficient (Wildman–Crippen LogP) is 2.92. The highest BCUT2D eigenvalue weighted by molar-refractivity contribution is 9.10. The number of anilines is 1. The van der Waals surface area contributed by atoms with E-state index in [1.165, 1.54) is 0 Å². The molecular formula is C9H9BrClNO2. The van der Waals surface area contributed by atoms with Gasteiger partial charge in [-0.2, -0.15) is 0 Å². The summed E-state index contributed by atoms with van der Waals surface area (Å²) in [5, 5.41) is 3.77. The first-order valence-electron chi connectivity index (χ1n) is 4.16. The number of methoxy groups -OCH3 is 1. The number of fused-ring (bicyclic) bond motifs is 1. The second-order valence-electron chi connectivity index (χ2n) is 2.85. The Morgan fingerprint density at radius 2 is 2.43 bits per heavy atom. The smallest absolute Gasteiger partial charge is 0.154 e. The first kappa shape index (κ1) is 9.93. The molecule has 0 atom stereocenters. The van der Waals surface area contributed by atoms with Gasteiger partial charge in [0.15, 0.2) is 5.75 Å². The molecule has 0 aliphatic carbocycles. The van der Waals surface area contributed by atoms with E-state index in [9.17, 15) is 0 Å². The van der Waals surface area contributed by atoms with E-state index in [-0.39, 0.29) is 0 Å². The van der Waals surface area contributed by atoms with Crippen LogP contribution in [0.15, 0.2) is 10.5 Å². The lowest BCUT2D eigenvalue weighted by molar-refractivity contribution is 0.321. The van der Waals surface area contributed by atoms with Gasteiger partial charge >= 0.3 is 0 Å². The highest BCUT2D eigenvalue weighted by Crippen LogP contribution is 2.45. The normalized spacial score (nSPS) is 13.9. The molecule has 0 amide bonds. The Bertz CT molecular complexity index is 370. The van der Waals surface area contributed by atoms with Crippen molar-refractivity contribution in [2.45, 2.75) is 0 Å². The van der Waals surface area contributed by atoms with Crippen LogP contribution in [0.5, 0.6) is 11.5 Å². The molecule has 3 nitrogen and oxygen atoms in total. The maximum absolute atomic E-state index is 6.00. The second-order valence-corrected chi connectivity index (χ2v) is 4.05. The Morgan fingerprint density at radius 1 is 1.64 bits per heavy atom. The summed E-state index contributed by atoms with van der Waals surface area (Å²) < 4.78 is 11.4. The molecule has 1 aromatic carbocycles. The Hall–Kier alpha value is -0.610. The fourth-order valence-electron chi connectivity index (χ4n) is 1.38. The summed E-state index contributed by atoms with van der Waals surface area (Å²) in [5.74, 6) is 1.39. The van der Waals surface area contributed by atoms with Gasteiger partial charge in [0.2, 0.25) is 0 Å². The average molecular weight is 279 g/mol.